The van der Waals surface area contributed by atoms with Crippen molar-refractivity contribution in [1.82, 2.24) is 5.32 Å². The van der Waals surface area contributed by atoms with E-state index in [2.05, 4.69) is 15.4 Å². The van der Waals surface area contributed by atoms with Crippen molar-refractivity contribution in [2.24, 2.45) is 5.73 Å². The van der Waals surface area contributed by atoms with Crippen molar-refractivity contribution in [2.45, 2.75) is 0 Å². The summed E-state index contributed by atoms with van der Waals surface area (Å²) in [5, 5.41) is 4.46. The number of carbonyl (C=O) groups excluding carboxylic acids is 3. The highest BCUT2D eigenvalue weighted by Gasteiger charge is 2.12. The molecule has 0 aliphatic heterocycles. The monoisotopic (exact) mass is 283 g/mol. The van der Waals surface area contributed by atoms with Crippen molar-refractivity contribution in [3.63, 3.8) is 0 Å². The lowest BCUT2D eigenvalue weighted by Crippen LogP contribution is -2.36. The maximum Gasteiger partial charge on any atom is 0.337 e. The summed E-state index contributed by atoms with van der Waals surface area (Å²) in [6.07, 6.45) is 0. The molecule has 0 spiro atoms. The number of methoxy groups -OCH3 is 1. The van der Waals surface area contributed by atoms with Crippen molar-refractivity contribution in [2.75, 3.05) is 25.5 Å². The Morgan fingerprint density at radius 2 is 2.00 bits per heavy atom. The van der Waals surface area contributed by atoms with Gasteiger partial charge in [0, 0.05) is 0 Å². The molecule has 1 aromatic rings. The molecule has 0 aliphatic carbocycles. The molecule has 0 saturated carbocycles. The van der Waals surface area contributed by atoms with E-state index in [1.165, 1.54) is 13.2 Å². The van der Waals surface area contributed by atoms with Crippen LogP contribution in [0.5, 0.6) is 0 Å². The van der Waals surface area contributed by atoms with E-state index in [1.54, 1.807) is 0 Å². The Hall–Kier alpha value is -2.48. The summed E-state index contributed by atoms with van der Waals surface area (Å²) in [4.78, 5) is 33.6. The van der Waals surface area contributed by atoms with Gasteiger partial charge in [0.05, 0.1) is 31.5 Å². The van der Waals surface area contributed by atoms with Gasteiger partial charge in [-0.25, -0.2) is 9.18 Å². The van der Waals surface area contributed by atoms with Crippen LogP contribution in [0, 0.1) is 5.82 Å². The van der Waals surface area contributed by atoms with E-state index in [0.717, 1.165) is 12.1 Å². The summed E-state index contributed by atoms with van der Waals surface area (Å²) in [5.41, 5.74) is 4.96. The summed E-state index contributed by atoms with van der Waals surface area (Å²) in [5.74, 6) is -2.52. The van der Waals surface area contributed by atoms with Crippen molar-refractivity contribution in [3.8, 4) is 0 Å². The number of esters is 1. The fraction of sp³-hybridized carbons (Fsp3) is 0.250. The average molecular weight is 283 g/mol. The van der Waals surface area contributed by atoms with E-state index in [-0.39, 0.29) is 24.3 Å². The van der Waals surface area contributed by atoms with Gasteiger partial charge in [-0.05, 0) is 18.2 Å². The first-order valence-electron chi connectivity index (χ1n) is 5.62. The highest BCUT2D eigenvalue weighted by Crippen LogP contribution is 2.16. The summed E-state index contributed by atoms with van der Waals surface area (Å²) >= 11 is 0. The summed E-state index contributed by atoms with van der Waals surface area (Å²) in [6.45, 7) is -0.600. The Balaban J connectivity index is 2.73. The van der Waals surface area contributed by atoms with Crippen LogP contribution >= 0.6 is 0 Å². The summed E-state index contributed by atoms with van der Waals surface area (Å²) in [6, 6.07) is 3.40. The molecule has 2 amide bonds. The van der Waals surface area contributed by atoms with Gasteiger partial charge < -0.3 is 21.1 Å². The van der Waals surface area contributed by atoms with Crippen LogP contribution in [0.4, 0.5) is 10.1 Å². The van der Waals surface area contributed by atoms with Crippen LogP contribution in [-0.2, 0) is 14.3 Å². The van der Waals surface area contributed by atoms with E-state index in [0.29, 0.717) is 0 Å². The quantitative estimate of drug-likeness (QED) is 0.638. The fourth-order valence-electron chi connectivity index (χ4n) is 1.31. The SMILES string of the molecule is COC(=O)c1ccc(F)c(NC(=O)CNC(=O)CN)c1. The second-order valence-electron chi connectivity index (χ2n) is 3.72. The number of halogens is 1. The minimum absolute atomic E-state index is 0.0928. The van der Waals surface area contributed by atoms with E-state index in [4.69, 9.17) is 5.73 Å². The third-order valence-corrected chi connectivity index (χ3v) is 2.29. The molecule has 0 aromatic heterocycles. The van der Waals surface area contributed by atoms with Crippen LogP contribution in [0.25, 0.3) is 0 Å². The molecule has 0 bridgehead atoms. The first-order chi connectivity index (χ1) is 9.47. The Kier molecular flexibility index (Phi) is 5.60. The van der Waals surface area contributed by atoms with E-state index in [1.807, 2.05) is 0 Å². The van der Waals surface area contributed by atoms with Gasteiger partial charge in [0.15, 0.2) is 0 Å². The predicted molar refractivity (Wildman–Crippen MR) is 68.4 cm³/mol. The summed E-state index contributed by atoms with van der Waals surface area (Å²) in [7, 11) is 1.19. The van der Waals surface area contributed by atoms with Gasteiger partial charge >= 0.3 is 5.97 Å². The Labute approximate surface area is 114 Å². The number of rotatable bonds is 5. The lowest BCUT2D eigenvalue weighted by Gasteiger charge is -2.08. The Morgan fingerprint density at radius 1 is 1.30 bits per heavy atom. The minimum atomic E-state index is -0.712. The van der Waals surface area contributed by atoms with E-state index < -0.39 is 23.6 Å². The molecule has 7 nitrogen and oxygen atoms in total. The maximum atomic E-state index is 13.5. The number of anilines is 1. The van der Waals surface area contributed by atoms with Gasteiger partial charge in [-0.15, -0.1) is 0 Å². The zero-order chi connectivity index (χ0) is 15.1. The number of amides is 2. The third-order valence-electron chi connectivity index (χ3n) is 2.29. The second-order valence-corrected chi connectivity index (χ2v) is 3.72. The van der Waals surface area contributed by atoms with Crippen LogP contribution in [-0.4, -0.2) is 38.0 Å². The van der Waals surface area contributed by atoms with E-state index >= 15 is 0 Å². The molecule has 108 valence electrons. The Bertz CT molecular complexity index is 533. The number of benzene rings is 1. The first-order valence-corrected chi connectivity index (χ1v) is 5.62. The molecular weight excluding hydrogens is 269 g/mol. The number of nitrogens with one attached hydrogen (secondary N) is 2. The van der Waals surface area contributed by atoms with Crippen molar-refractivity contribution in [3.05, 3.63) is 29.6 Å². The standard InChI is InChI=1S/C12H14FN3O4/c1-20-12(19)7-2-3-8(13)9(4-7)16-11(18)6-15-10(17)5-14/h2-4H,5-6,14H2,1H3,(H,15,17)(H,16,18). The smallest absolute Gasteiger partial charge is 0.337 e. The third kappa shape index (κ3) is 4.32. The summed E-state index contributed by atoms with van der Waals surface area (Å²) < 4.78 is 18.0. The number of ether oxygens (including phenoxy) is 1. The lowest BCUT2D eigenvalue weighted by molar-refractivity contribution is -0.123. The zero-order valence-electron chi connectivity index (χ0n) is 10.7. The van der Waals surface area contributed by atoms with Crippen LogP contribution in [0.1, 0.15) is 10.4 Å². The van der Waals surface area contributed by atoms with Crippen LogP contribution in [0.15, 0.2) is 18.2 Å². The van der Waals surface area contributed by atoms with Crippen molar-refractivity contribution >= 4 is 23.5 Å². The number of nitrogens with two attached hydrogens (primary N) is 1. The van der Waals surface area contributed by atoms with Gasteiger partial charge in [-0.3, -0.25) is 9.59 Å². The second kappa shape index (κ2) is 7.19. The first kappa shape index (κ1) is 15.6. The maximum absolute atomic E-state index is 13.5. The van der Waals surface area contributed by atoms with E-state index in [9.17, 15) is 18.8 Å². The molecule has 4 N–H and O–H groups in total. The highest BCUT2D eigenvalue weighted by molar-refractivity contribution is 5.96. The lowest BCUT2D eigenvalue weighted by atomic mass is 10.2. The molecule has 0 atom stereocenters. The highest BCUT2D eigenvalue weighted by atomic mass is 19.1. The van der Waals surface area contributed by atoms with Crippen LogP contribution in [0.2, 0.25) is 0 Å². The largest absolute Gasteiger partial charge is 0.465 e. The van der Waals surface area contributed by atoms with Gasteiger partial charge in [0.1, 0.15) is 5.82 Å². The van der Waals surface area contributed by atoms with Gasteiger partial charge in [0.2, 0.25) is 11.8 Å². The van der Waals surface area contributed by atoms with Gasteiger partial charge in [-0.2, -0.15) is 0 Å². The topological polar surface area (TPSA) is 111 Å². The molecular formula is C12H14FN3O4. The van der Waals surface area contributed by atoms with Gasteiger partial charge in [0.25, 0.3) is 0 Å². The fourth-order valence-corrected chi connectivity index (χ4v) is 1.31. The molecule has 1 rings (SSSR count). The molecule has 0 unspecified atom stereocenters. The molecule has 8 heteroatoms. The predicted octanol–water partition coefficient (Wildman–Crippen LogP) is -0.374. The molecule has 0 radical (unpaired) electrons. The zero-order valence-corrected chi connectivity index (χ0v) is 10.7. The Morgan fingerprint density at radius 3 is 2.60 bits per heavy atom. The minimum Gasteiger partial charge on any atom is -0.465 e. The number of carbonyl (C=O) groups is 3. The average Bonchev–Trinajstić information content (AvgIpc) is 2.46. The van der Waals surface area contributed by atoms with Crippen LogP contribution in [0.3, 0.4) is 0 Å². The normalized spacial score (nSPS) is 9.75. The van der Waals surface area contributed by atoms with Crippen molar-refractivity contribution in [1.29, 1.82) is 0 Å². The van der Waals surface area contributed by atoms with Crippen molar-refractivity contribution < 1.29 is 23.5 Å². The molecule has 1 aromatic carbocycles. The molecule has 0 heterocycles. The molecule has 20 heavy (non-hydrogen) atoms. The van der Waals surface area contributed by atoms with Crippen LogP contribution < -0.4 is 16.4 Å². The van der Waals surface area contributed by atoms with Gasteiger partial charge in [-0.1, -0.05) is 0 Å². The molecule has 0 saturated heterocycles. The molecule has 0 aliphatic rings. The molecule has 0 fully saturated rings. The number of hydrogen-bond acceptors (Lipinski definition) is 5. The number of hydrogen-bond donors (Lipinski definition) is 3.